The van der Waals surface area contributed by atoms with Crippen LogP contribution in [0.4, 0.5) is 0 Å². The average Bonchev–Trinajstić information content (AvgIpc) is 2.42. The molecule has 0 unspecified atom stereocenters. The van der Waals surface area contributed by atoms with Crippen molar-refractivity contribution >= 4 is 23.3 Å². The molecular formula is C18H18O2S. The van der Waals surface area contributed by atoms with Crippen LogP contribution in [0.3, 0.4) is 0 Å². The second kappa shape index (κ2) is 7.23. The molecular weight excluding hydrogens is 280 g/mol. The van der Waals surface area contributed by atoms with E-state index in [0.717, 1.165) is 20.9 Å². The van der Waals surface area contributed by atoms with Crippen LogP contribution in [0.1, 0.15) is 25.0 Å². The van der Waals surface area contributed by atoms with E-state index in [9.17, 15) is 9.59 Å². The molecule has 3 heteroatoms. The number of ketones is 2. The summed E-state index contributed by atoms with van der Waals surface area (Å²) >= 11 is 1.67. The number of carbonyl (C=O) groups is 2. The molecule has 0 atom stereocenters. The third-order valence-corrected chi connectivity index (χ3v) is 4.00. The van der Waals surface area contributed by atoms with Crippen LogP contribution >= 0.6 is 11.8 Å². The predicted molar refractivity (Wildman–Crippen MR) is 85.8 cm³/mol. The van der Waals surface area contributed by atoms with Gasteiger partial charge in [-0.05, 0) is 49.2 Å². The number of rotatable bonds is 6. The Bertz CT molecular complexity index is 570. The molecule has 0 bridgehead atoms. The zero-order valence-corrected chi connectivity index (χ0v) is 13.1. The molecule has 0 fully saturated rings. The molecule has 0 saturated carbocycles. The van der Waals surface area contributed by atoms with Crippen molar-refractivity contribution in [3.05, 3.63) is 59.7 Å². The van der Waals surface area contributed by atoms with Gasteiger partial charge in [0, 0.05) is 22.6 Å². The van der Waals surface area contributed by atoms with Crippen molar-refractivity contribution in [2.24, 2.45) is 0 Å². The molecule has 0 aliphatic carbocycles. The van der Waals surface area contributed by atoms with Gasteiger partial charge in [0.05, 0.1) is 0 Å². The van der Waals surface area contributed by atoms with Crippen molar-refractivity contribution in [1.29, 1.82) is 0 Å². The Kier molecular flexibility index (Phi) is 5.34. The number of carbonyl (C=O) groups excluding carboxylic acids is 2. The third-order valence-electron chi connectivity index (χ3n) is 2.99. The smallest absolute Gasteiger partial charge is 0.134 e. The Labute approximate surface area is 129 Å². The maximum atomic E-state index is 11.1. The standard InChI is InChI=1S/C18H18O2S/c1-13(19)11-15-3-7-17(8-4-15)21-18-9-5-16(6-10-18)12-14(2)20/h3-10H,11-12H2,1-2H3. The first-order valence-corrected chi connectivity index (χ1v) is 7.69. The summed E-state index contributed by atoms with van der Waals surface area (Å²) < 4.78 is 0. The Hall–Kier alpha value is -1.87. The molecule has 2 aromatic carbocycles. The lowest BCUT2D eigenvalue weighted by Crippen LogP contribution is -1.95. The molecule has 0 heterocycles. The number of Topliss-reactive ketones (excluding diaryl/α,β-unsaturated/α-hetero) is 2. The van der Waals surface area contributed by atoms with Crippen molar-refractivity contribution < 1.29 is 9.59 Å². The van der Waals surface area contributed by atoms with Crippen LogP contribution in [0.25, 0.3) is 0 Å². The lowest BCUT2D eigenvalue weighted by Gasteiger charge is -2.04. The van der Waals surface area contributed by atoms with Crippen LogP contribution in [0.5, 0.6) is 0 Å². The van der Waals surface area contributed by atoms with Crippen molar-refractivity contribution in [1.82, 2.24) is 0 Å². The maximum absolute atomic E-state index is 11.1. The molecule has 0 aliphatic rings. The van der Waals surface area contributed by atoms with E-state index in [1.54, 1.807) is 25.6 Å². The fourth-order valence-corrected chi connectivity index (χ4v) is 2.88. The van der Waals surface area contributed by atoms with E-state index >= 15 is 0 Å². The molecule has 2 rings (SSSR count). The van der Waals surface area contributed by atoms with Crippen LogP contribution in [0.15, 0.2) is 58.3 Å². The van der Waals surface area contributed by atoms with Crippen LogP contribution in [-0.4, -0.2) is 11.6 Å². The molecule has 108 valence electrons. The Balaban J connectivity index is 2.01. The first-order chi connectivity index (χ1) is 10.0. The molecule has 0 spiro atoms. The van der Waals surface area contributed by atoms with Crippen LogP contribution in [-0.2, 0) is 22.4 Å². The lowest BCUT2D eigenvalue weighted by molar-refractivity contribution is -0.117. The van der Waals surface area contributed by atoms with Gasteiger partial charge in [0.2, 0.25) is 0 Å². The summed E-state index contributed by atoms with van der Waals surface area (Å²) in [5.41, 5.74) is 2.09. The van der Waals surface area contributed by atoms with Crippen molar-refractivity contribution in [3.63, 3.8) is 0 Å². The van der Waals surface area contributed by atoms with E-state index in [1.165, 1.54) is 0 Å². The fraction of sp³-hybridized carbons (Fsp3) is 0.222. The van der Waals surface area contributed by atoms with Crippen LogP contribution in [0.2, 0.25) is 0 Å². The lowest BCUT2D eigenvalue weighted by atomic mass is 10.1. The molecule has 0 radical (unpaired) electrons. The summed E-state index contributed by atoms with van der Waals surface area (Å²) in [5.74, 6) is 0.355. The number of benzene rings is 2. The van der Waals surface area contributed by atoms with Gasteiger partial charge >= 0.3 is 0 Å². The first-order valence-electron chi connectivity index (χ1n) is 6.87. The molecule has 2 aromatic rings. The monoisotopic (exact) mass is 298 g/mol. The van der Waals surface area contributed by atoms with Gasteiger partial charge in [-0.1, -0.05) is 36.0 Å². The van der Waals surface area contributed by atoms with E-state index in [0.29, 0.717) is 12.8 Å². The summed E-state index contributed by atoms with van der Waals surface area (Å²) in [6.45, 7) is 3.20. The topological polar surface area (TPSA) is 34.1 Å². The molecule has 2 nitrogen and oxygen atoms in total. The maximum Gasteiger partial charge on any atom is 0.134 e. The second-order valence-corrected chi connectivity index (χ2v) is 6.29. The molecule has 0 N–H and O–H groups in total. The van der Waals surface area contributed by atoms with Gasteiger partial charge < -0.3 is 0 Å². The van der Waals surface area contributed by atoms with Crippen LogP contribution in [0, 0.1) is 0 Å². The highest BCUT2D eigenvalue weighted by Gasteiger charge is 2.02. The minimum Gasteiger partial charge on any atom is -0.300 e. The van der Waals surface area contributed by atoms with Gasteiger partial charge in [-0.25, -0.2) is 0 Å². The second-order valence-electron chi connectivity index (χ2n) is 5.15. The number of hydrogen-bond acceptors (Lipinski definition) is 3. The third kappa shape index (κ3) is 5.20. The number of hydrogen-bond donors (Lipinski definition) is 0. The van der Waals surface area contributed by atoms with Gasteiger partial charge in [0.15, 0.2) is 0 Å². The van der Waals surface area contributed by atoms with E-state index in [4.69, 9.17) is 0 Å². The quantitative estimate of drug-likeness (QED) is 0.805. The van der Waals surface area contributed by atoms with Crippen LogP contribution < -0.4 is 0 Å². The van der Waals surface area contributed by atoms with E-state index in [1.807, 2.05) is 48.5 Å². The molecule has 0 aromatic heterocycles. The van der Waals surface area contributed by atoms with Gasteiger partial charge in [0.1, 0.15) is 11.6 Å². The minimum atomic E-state index is 0.177. The first kappa shape index (κ1) is 15.5. The predicted octanol–water partition coefficient (Wildman–Crippen LogP) is 4.10. The van der Waals surface area contributed by atoms with Gasteiger partial charge in [-0.2, -0.15) is 0 Å². The SMILES string of the molecule is CC(=O)Cc1ccc(Sc2ccc(CC(C)=O)cc2)cc1. The minimum absolute atomic E-state index is 0.177. The Morgan fingerprint density at radius 3 is 1.33 bits per heavy atom. The Morgan fingerprint density at radius 1 is 0.714 bits per heavy atom. The highest BCUT2D eigenvalue weighted by molar-refractivity contribution is 7.99. The van der Waals surface area contributed by atoms with E-state index in [-0.39, 0.29) is 11.6 Å². The Morgan fingerprint density at radius 2 is 1.05 bits per heavy atom. The van der Waals surface area contributed by atoms with E-state index in [2.05, 4.69) is 0 Å². The summed E-state index contributed by atoms with van der Waals surface area (Å²) in [5, 5.41) is 0. The van der Waals surface area contributed by atoms with Gasteiger partial charge in [-0.3, -0.25) is 9.59 Å². The largest absolute Gasteiger partial charge is 0.300 e. The van der Waals surface area contributed by atoms with Gasteiger partial charge in [0.25, 0.3) is 0 Å². The fourth-order valence-electron chi connectivity index (χ4n) is 2.06. The highest BCUT2D eigenvalue weighted by Crippen LogP contribution is 2.28. The molecule has 21 heavy (non-hydrogen) atoms. The summed E-state index contributed by atoms with van der Waals surface area (Å²) in [6.07, 6.45) is 0.982. The molecule has 0 amide bonds. The summed E-state index contributed by atoms with van der Waals surface area (Å²) in [6, 6.07) is 16.1. The highest BCUT2D eigenvalue weighted by atomic mass is 32.2. The molecule has 0 aliphatic heterocycles. The van der Waals surface area contributed by atoms with Gasteiger partial charge in [-0.15, -0.1) is 0 Å². The zero-order valence-electron chi connectivity index (χ0n) is 12.3. The molecule has 0 saturated heterocycles. The summed E-state index contributed by atoms with van der Waals surface area (Å²) in [4.78, 5) is 24.4. The zero-order chi connectivity index (χ0) is 15.2. The normalized spacial score (nSPS) is 10.4. The summed E-state index contributed by atoms with van der Waals surface area (Å²) in [7, 11) is 0. The van der Waals surface area contributed by atoms with Crippen molar-refractivity contribution in [3.8, 4) is 0 Å². The van der Waals surface area contributed by atoms with Crippen molar-refractivity contribution in [2.75, 3.05) is 0 Å². The van der Waals surface area contributed by atoms with E-state index < -0.39 is 0 Å². The van der Waals surface area contributed by atoms with Crippen molar-refractivity contribution in [2.45, 2.75) is 36.5 Å². The average molecular weight is 298 g/mol.